The maximum atomic E-state index is 12.9. The van der Waals surface area contributed by atoms with Gasteiger partial charge in [-0.1, -0.05) is 6.08 Å². The number of carbonyl (C=O) groups excluding carboxylic acids is 2. The number of ether oxygens (including phenoxy) is 3. The first-order valence-electron chi connectivity index (χ1n) is 7.86. The van der Waals surface area contributed by atoms with Crippen LogP contribution in [0.3, 0.4) is 0 Å². The average molecular weight is 331 g/mol. The van der Waals surface area contributed by atoms with E-state index < -0.39 is 24.0 Å². The van der Waals surface area contributed by atoms with Crippen LogP contribution in [-0.4, -0.2) is 47.9 Å². The second kappa shape index (κ2) is 6.03. The van der Waals surface area contributed by atoms with Crippen LogP contribution in [0.4, 0.5) is 0 Å². The van der Waals surface area contributed by atoms with Crippen LogP contribution >= 0.6 is 0 Å². The van der Waals surface area contributed by atoms with Crippen molar-refractivity contribution < 1.29 is 23.8 Å². The van der Waals surface area contributed by atoms with Crippen LogP contribution in [0.1, 0.15) is 30.6 Å². The first kappa shape index (κ1) is 16.7. The highest BCUT2D eigenvalue weighted by atomic mass is 16.8. The molecular weight excluding hydrogens is 310 g/mol. The monoisotopic (exact) mass is 331 g/mol. The molecule has 6 nitrogen and oxygen atoms in total. The summed E-state index contributed by atoms with van der Waals surface area (Å²) in [6.45, 7) is 7.25. The lowest BCUT2D eigenvalue weighted by Crippen LogP contribution is -2.44. The van der Waals surface area contributed by atoms with Crippen molar-refractivity contribution in [2.45, 2.75) is 44.3 Å². The Balaban J connectivity index is 1.89. The Hall–Kier alpha value is -2.18. The van der Waals surface area contributed by atoms with Gasteiger partial charge in [-0.15, -0.1) is 6.58 Å². The van der Waals surface area contributed by atoms with E-state index in [1.54, 1.807) is 51.3 Å². The van der Waals surface area contributed by atoms with Gasteiger partial charge in [-0.3, -0.25) is 14.5 Å². The van der Waals surface area contributed by atoms with Gasteiger partial charge in [0.1, 0.15) is 11.9 Å². The zero-order valence-corrected chi connectivity index (χ0v) is 14.0. The molecule has 0 aliphatic carbocycles. The Morgan fingerprint density at radius 2 is 2.00 bits per heavy atom. The smallest absolute Gasteiger partial charge is 0.261 e. The number of hydrogen-bond acceptors (Lipinski definition) is 5. The highest BCUT2D eigenvalue weighted by molar-refractivity contribution is 6.08. The molecule has 2 saturated heterocycles. The summed E-state index contributed by atoms with van der Waals surface area (Å²) in [5, 5.41) is 0. The minimum absolute atomic E-state index is 0.363. The van der Waals surface area contributed by atoms with E-state index in [4.69, 9.17) is 14.2 Å². The van der Waals surface area contributed by atoms with Crippen molar-refractivity contribution in [3.63, 3.8) is 0 Å². The number of nitrogens with zero attached hydrogens (tertiary/aromatic N) is 1. The summed E-state index contributed by atoms with van der Waals surface area (Å²) in [4.78, 5) is 26.8. The van der Waals surface area contributed by atoms with Gasteiger partial charge >= 0.3 is 0 Å². The number of imide groups is 1. The molecular formula is C18H21NO5. The molecule has 6 heteroatoms. The SMILES string of the molecule is C=CC[C@H]1[C@@H]2OC(C)(C)O[C@@H]2C(=O)N1C(=O)c1ccc(OC)cc1. The number of carbonyl (C=O) groups is 2. The molecule has 0 saturated carbocycles. The molecule has 2 amide bonds. The van der Waals surface area contributed by atoms with E-state index in [0.717, 1.165) is 0 Å². The van der Waals surface area contributed by atoms with Crippen molar-refractivity contribution >= 4 is 11.8 Å². The van der Waals surface area contributed by atoms with Crippen LogP contribution in [0.15, 0.2) is 36.9 Å². The highest BCUT2D eigenvalue weighted by Gasteiger charge is 2.58. The Morgan fingerprint density at radius 1 is 1.33 bits per heavy atom. The quantitative estimate of drug-likeness (QED) is 0.625. The summed E-state index contributed by atoms with van der Waals surface area (Å²) in [6, 6.07) is 6.23. The molecule has 0 bridgehead atoms. The van der Waals surface area contributed by atoms with E-state index in [2.05, 4.69) is 6.58 Å². The van der Waals surface area contributed by atoms with Crippen molar-refractivity contribution in [3.8, 4) is 5.75 Å². The molecule has 1 aromatic rings. The largest absolute Gasteiger partial charge is 0.497 e. The van der Waals surface area contributed by atoms with Crippen molar-refractivity contribution in [3.05, 3.63) is 42.5 Å². The molecule has 128 valence electrons. The van der Waals surface area contributed by atoms with Gasteiger partial charge in [0.2, 0.25) is 0 Å². The summed E-state index contributed by atoms with van der Waals surface area (Å²) >= 11 is 0. The summed E-state index contributed by atoms with van der Waals surface area (Å²) in [7, 11) is 1.55. The second-order valence-electron chi connectivity index (χ2n) is 6.35. The maximum Gasteiger partial charge on any atom is 0.261 e. The molecule has 2 fully saturated rings. The lowest BCUT2D eigenvalue weighted by atomic mass is 10.1. The Bertz CT molecular complexity index is 666. The third-order valence-corrected chi connectivity index (χ3v) is 4.28. The topological polar surface area (TPSA) is 65.1 Å². The molecule has 0 aromatic heterocycles. The molecule has 24 heavy (non-hydrogen) atoms. The predicted molar refractivity (Wildman–Crippen MR) is 86.6 cm³/mol. The summed E-state index contributed by atoms with van der Waals surface area (Å²) in [6.07, 6.45) is 0.900. The summed E-state index contributed by atoms with van der Waals surface area (Å²) < 4.78 is 16.6. The van der Waals surface area contributed by atoms with E-state index in [9.17, 15) is 9.59 Å². The van der Waals surface area contributed by atoms with Gasteiger partial charge in [0.25, 0.3) is 11.8 Å². The molecule has 2 heterocycles. The van der Waals surface area contributed by atoms with E-state index in [1.807, 2.05) is 0 Å². The lowest BCUT2D eigenvalue weighted by Gasteiger charge is -2.28. The first-order valence-corrected chi connectivity index (χ1v) is 7.86. The van der Waals surface area contributed by atoms with E-state index in [-0.39, 0.29) is 11.8 Å². The molecule has 2 aliphatic heterocycles. The third kappa shape index (κ3) is 2.72. The average Bonchev–Trinajstić information content (AvgIpc) is 3.00. The molecule has 1 aromatic carbocycles. The van der Waals surface area contributed by atoms with Gasteiger partial charge in [-0.2, -0.15) is 0 Å². The Labute approximate surface area is 141 Å². The van der Waals surface area contributed by atoms with Crippen LogP contribution in [0.5, 0.6) is 5.75 Å². The molecule has 0 N–H and O–H groups in total. The van der Waals surface area contributed by atoms with Crippen LogP contribution in [0.2, 0.25) is 0 Å². The highest BCUT2D eigenvalue weighted by Crippen LogP contribution is 2.39. The van der Waals surface area contributed by atoms with Crippen LogP contribution < -0.4 is 4.74 Å². The normalized spacial score (nSPS) is 27.9. The van der Waals surface area contributed by atoms with Crippen molar-refractivity contribution in [2.24, 2.45) is 0 Å². The number of hydrogen-bond donors (Lipinski definition) is 0. The van der Waals surface area contributed by atoms with Gasteiger partial charge in [-0.05, 0) is 44.5 Å². The minimum atomic E-state index is -0.834. The summed E-state index contributed by atoms with van der Waals surface area (Å²) in [5.41, 5.74) is 0.414. The number of benzene rings is 1. The molecule has 3 atom stereocenters. The Morgan fingerprint density at radius 3 is 2.58 bits per heavy atom. The third-order valence-electron chi connectivity index (χ3n) is 4.28. The number of likely N-dealkylation sites (tertiary alicyclic amines) is 1. The van der Waals surface area contributed by atoms with Gasteiger partial charge in [0.15, 0.2) is 11.9 Å². The van der Waals surface area contributed by atoms with Crippen LogP contribution in [-0.2, 0) is 14.3 Å². The minimum Gasteiger partial charge on any atom is -0.497 e. The first-order chi connectivity index (χ1) is 11.4. The van der Waals surface area contributed by atoms with Crippen LogP contribution in [0.25, 0.3) is 0 Å². The van der Waals surface area contributed by atoms with E-state index in [1.165, 1.54) is 4.90 Å². The Kier molecular flexibility index (Phi) is 4.19. The number of rotatable bonds is 4. The number of amides is 2. The molecule has 2 aliphatic rings. The van der Waals surface area contributed by atoms with Gasteiger partial charge < -0.3 is 14.2 Å². The molecule has 0 unspecified atom stereocenters. The van der Waals surface area contributed by atoms with Crippen molar-refractivity contribution in [1.82, 2.24) is 4.90 Å². The standard InChI is InChI=1S/C18H21NO5/c1-5-6-13-14-15(24-18(2,3)23-14)17(21)19(13)16(20)11-7-9-12(22-4)10-8-11/h5,7-10,13-15H,1,6H2,2-4H3/t13-,14-,15-/m0/s1. The van der Waals surface area contributed by atoms with E-state index in [0.29, 0.717) is 17.7 Å². The fraction of sp³-hybridized carbons (Fsp3) is 0.444. The fourth-order valence-corrected chi connectivity index (χ4v) is 3.24. The predicted octanol–water partition coefficient (Wildman–Crippen LogP) is 2.14. The van der Waals surface area contributed by atoms with E-state index >= 15 is 0 Å². The zero-order chi connectivity index (χ0) is 17.5. The number of methoxy groups -OCH3 is 1. The molecule has 0 radical (unpaired) electrons. The second-order valence-corrected chi connectivity index (χ2v) is 6.35. The van der Waals surface area contributed by atoms with Crippen LogP contribution in [0, 0.1) is 0 Å². The zero-order valence-electron chi connectivity index (χ0n) is 14.0. The lowest BCUT2D eigenvalue weighted by molar-refractivity contribution is -0.170. The number of fused-ring (bicyclic) bond motifs is 1. The molecule has 3 rings (SSSR count). The van der Waals surface area contributed by atoms with Crippen molar-refractivity contribution in [2.75, 3.05) is 7.11 Å². The van der Waals surface area contributed by atoms with Gasteiger partial charge in [-0.25, -0.2) is 0 Å². The summed E-state index contributed by atoms with van der Waals surface area (Å²) in [5.74, 6) is -0.918. The van der Waals surface area contributed by atoms with Gasteiger partial charge in [0.05, 0.1) is 13.2 Å². The molecule has 0 spiro atoms. The maximum absolute atomic E-state index is 12.9. The fourth-order valence-electron chi connectivity index (χ4n) is 3.24. The van der Waals surface area contributed by atoms with Crippen molar-refractivity contribution in [1.29, 1.82) is 0 Å². The van der Waals surface area contributed by atoms with Gasteiger partial charge in [0, 0.05) is 5.56 Å².